The second kappa shape index (κ2) is 13.0. The minimum Gasteiger partial charge on any atom is -0.478 e. The van der Waals surface area contributed by atoms with E-state index in [1.807, 2.05) is 12.1 Å². The van der Waals surface area contributed by atoms with E-state index in [0.29, 0.717) is 18.1 Å². The van der Waals surface area contributed by atoms with E-state index in [9.17, 15) is 9.59 Å². The highest BCUT2D eigenvalue weighted by Gasteiger charge is 2.04. The first kappa shape index (κ1) is 22.7. The lowest BCUT2D eigenvalue weighted by Gasteiger charge is -2.20. The lowest BCUT2D eigenvalue weighted by atomic mass is 10.1. The number of nitrogens with zero attached hydrogens (tertiary/aromatic N) is 1. The topological polar surface area (TPSA) is 66.8 Å². The van der Waals surface area contributed by atoms with Gasteiger partial charge in [0.05, 0.1) is 12.2 Å². The van der Waals surface area contributed by atoms with Crippen molar-refractivity contribution >= 4 is 17.6 Å². The fourth-order valence-electron chi connectivity index (χ4n) is 1.98. The van der Waals surface area contributed by atoms with E-state index in [0.717, 1.165) is 25.2 Å². The molecule has 25 heavy (non-hydrogen) atoms. The molecule has 0 aliphatic carbocycles. The lowest BCUT2D eigenvalue weighted by Crippen LogP contribution is -2.21. The highest BCUT2D eigenvalue weighted by molar-refractivity contribution is 5.88. The van der Waals surface area contributed by atoms with Crippen LogP contribution in [0.4, 0.5) is 5.69 Å². The molecular weight excluding hydrogens is 318 g/mol. The second-order valence-corrected chi connectivity index (χ2v) is 5.87. The molecule has 0 heterocycles. The van der Waals surface area contributed by atoms with Gasteiger partial charge in [0.15, 0.2) is 0 Å². The molecule has 1 rings (SSSR count). The molecule has 5 heteroatoms. The van der Waals surface area contributed by atoms with E-state index in [2.05, 4.69) is 32.6 Å². The molecule has 1 aromatic rings. The molecule has 0 fully saturated rings. The summed E-state index contributed by atoms with van der Waals surface area (Å²) in [4.78, 5) is 23.5. The number of ether oxygens (including phenoxy) is 1. The van der Waals surface area contributed by atoms with Gasteiger partial charge in [-0.05, 0) is 57.4 Å². The average molecular weight is 349 g/mol. The minimum atomic E-state index is -0.879. The van der Waals surface area contributed by atoms with Crippen LogP contribution >= 0.6 is 0 Å². The van der Waals surface area contributed by atoms with Gasteiger partial charge in [-0.1, -0.05) is 19.9 Å². The summed E-state index contributed by atoms with van der Waals surface area (Å²) in [6.45, 7) is 12.5. The van der Waals surface area contributed by atoms with Crippen LogP contribution in [0.5, 0.6) is 0 Å². The highest BCUT2D eigenvalue weighted by Crippen LogP contribution is 2.14. The number of carbonyl (C=O) groups excluding carboxylic acids is 1. The molecule has 0 saturated heterocycles. The molecule has 0 radical (unpaired) electrons. The van der Waals surface area contributed by atoms with Gasteiger partial charge in [-0.15, -0.1) is 0 Å². The van der Waals surface area contributed by atoms with Crippen molar-refractivity contribution in [3.63, 3.8) is 0 Å². The van der Waals surface area contributed by atoms with Crippen LogP contribution in [0.15, 0.2) is 36.4 Å². The van der Waals surface area contributed by atoms with Crippen LogP contribution in [0.3, 0.4) is 0 Å². The van der Waals surface area contributed by atoms with E-state index >= 15 is 0 Å². The van der Waals surface area contributed by atoms with E-state index in [4.69, 9.17) is 9.84 Å². The third kappa shape index (κ3) is 10.2. The predicted molar refractivity (Wildman–Crippen MR) is 102 cm³/mol. The first-order valence-electron chi connectivity index (χ1n) is 8.73. The summed E-state index contributed by atoms with van der Waals surface area (Å²) in [6, 6.07) is 6.96. The number of esters is 1. The lowest BCUT2D eigenvalue weighted by molar-refractivity contribution is -0.138. The van der Waals surface area contributed by atoms with Crippen LogP contribution in [-0.4, -0.2) is 36.7 Å². The van der Waals surface area contributed by atoms with E-state index in [1.54, 1.807) is 25.1 Å². The monoisotopic (exact) mass is 349 g/mol. The average Bonchev–Trinajstić information content (AvgIpc) is 2.57. The SMILES string of the molecule is CC=CC(=O)OCCC(C)C.CCN(CC)c1ccc(C(=O)O)cc1. The van der Waals surface area contributed by atoms with E-state index in [-0.39, 0.29) is 5.97 Å². The van der Waals surface area contributed by atoms with Gasteiger partial charge < -0.3 is 14.7 Å². The predicted octanol–water partition coefficient (Wildman–Crippen LogP) is 4.38. The Bertz CT molecular complexity index is 531. The zero-order chi connectivity index (χ0) is 19.2. The van der Waals surface area contributed by atoms with Crippen molar-refractivity contribution in [2.24, 2.45) is 5.92 Å². The Morgan fingerprint density at radius 3 is 2.12 bits per heavy atom. The molecular formula is C20H31NO4. The largest absolute Gasteiger partial charge is 0.478 e. The minimum absolute atomic E-state index is 0.242. The Kier molecular flexibility index (Phi) is 11.8. The van der Waals surface area contributed by atoms with Gasteiger partial charge in [0.1, 0.15) is 0 Å². The fourth-order valence-corrected chi connectivity index (χ4v) is 1.98. The van der Waals surface area contributed by atoms with Crippen LogP contribution in [0.2, 0.25) is 0 Å². The Morgan fingerprint density at radius 2 is 1.72 bits per heavy atom. The summed E-state index contributed by atoms with van der Waals surface area (Å²) in [6.07, 6.45) is 4.04. The highest BCUT2D eigenvalue weighted by atomic mass is 16.5. The van der Waals surface area contributed by atoms with Crippen molar-refractivity contribution in [3.05, 3.63) is 42.0 Å². The van der Waals surface area contributed by atoms with Crippen molar-refractivity contribution in [1.29, 1.82) is 0 Å². The number of benzene rings is 1. The van der Waals surface area contributed by atoms with Crippen LogP contribution < -0.4 is 4.90 Å². The van der Waals surface area contributed by atoms with E-state index in [1.165, 1.54) is 6.08 Å². The third-order valence-corrected chi connectivity index (χ3v) is 3.49. The van der Waals surface area contributed by atoms with Gasteiger partial charge in [0.25, 0.3) is 0 Å². The van der Waals surface area contributed by atoms with Crippen molar-refractivity contribution in [3.8, 4) is 0 Å². The molecule has 0 aliphatic heterocycles. The van der Waals surface area contributed by atoms with Gasteiger partial charge >= 0.3 is 11.9 Å². The summed E-state index contributed by atoms with van der Waals surface area (Å²) in [7, 11) is 0. The van der Waals surface area contributed by atoms with Crippen LogP contribution in [0, 0.1) is 5.92 Å². The molecule has 0 aliphatic rings. The van der Waals surface area contributed by atoms with Gasteiger partial charge in [0.2, 0.25) is 0 Å². The quantitative estimate of drug-likeness (QED) is 0.557. The van der Waals surface area contributed by atoms with Crippen LogP contribution in [0.25, 0.3) is 0 Å². The van der Waals surface area contributed by atoms with Crippen molar-refractivity contribution < 1.29 is 19.4 Å². The smallest absolute Gasteiger partial charge is 0.335 e. The number of aromatic carboxylic acids is 1. The number of hydrogen-bond donors (Lipinski definition) is 1. The maximum absolute atomic E-state index is 10.7. The molecule has 1 N–H and O–H groups in total. The summed E-state index contributed by atoms with van der Waals surface area (Å²) in [5.74, 6) is -0.530. The summed E-state index contributed by atoms with van der Waals surface area (Å²) >= 11 is 0. The van der Waals surface area contributed by atoms with Gasteiger partial charge in [-0.2, -0.15) is 0 Å². The Labute approximate surface area is 151 Å². The zero-order valence-electron chi connectivity index (χ0n) is 16.0. The third-order valence-electron chi connectivity index (χ3n) is 3.49. The van der Waals surface area contributed by atoms with E-state index < -0.39 is 5.97 Å². The maximum Gasteiger partial charge on any atom is 0.335 e. The molecule has 5 nitrogen and oxygen atoms in total. The van der Waals surface area contributed by atoms with Gasteiger partial charge in [-0.3, -0.25) is 0 Å². The number of anilines is 1. The molecule has 140 valence electrons. The molecule has 0 amide bonds. The molecule has 0 unspecified atom stereocenters. The molecule has 0 saturated carbocycles. The standard InChI is InChI=1S/C11H15NO2.C9H16O2/c1-3-12(4-2)10-7-5-9(6-8-10)11(13)14;1-4-5-9(10)11-7-6-8(2)3/h5-8H,3-4H2,1-2H3,(H,13,14);4-5,8H,6-7H2,1-3H3. The number of carbonyl (C=O) groups is 2. The maximum atomic E-state index is 10.7. The van der Waals surface area contributed by atoms with Crippen LogP contribution in [0.1, 0.15) is 51.4 Å². The van der Waals surface area contributed by atoms with Crippen molar-refractivity contribution in [2.75, 3.05) is 24.6 Å². The summed E-state index contributed by atoms with van der Waals surface area (Å²) < 4.78 is 4.87. The molecule has 0 bridgehead atoms. The number of carboxylic acids is 1. The normalized spacial score (nSPS) is 10.3. The second-order valence-electron chi connectivity index (χ2n) is 5.87. The zero-order valence-corrected chi connectivity index (χ0v) is 16.0. The Hall–Kier alpha value is -2.30. The molecule has 0 atom stereocenters. The van der Waals surface area contributed by atoms with Gasteiger partial charge in [-0.25, -0.2) is 9.59 Å². The van der Waals surface area contributed by atoms with Crippen molar-refractivity contribution in [1.82, 2.24) is 0 Å². The number of carboxylic acid groups (broad SMARTS) is 1. The summed E-state index contributed by atoms with van der Waals surface area (Å²) in [5, 5.41) is 8.72. The van der Waals surface area contributed by atoms with Crippen LogP contribution in [-0.2, 0) is 9.53 Å². The summed E-state index contributed by atoms with van der Waals surface area (Å²) in [5.41, 5.74) is 1.40. The molecule has 0 spiro atoms. The number of rotatable bonds is 8. The first-order valence-corrected chi connectivity index (χ1v) is 8.73. The van der Waals surface area contributed by atoms with Gasteiger partial charge in [0, 0.05) is 24.9 Å². The number of allylic oxidation sites excluding steroid dienone is 1. The Morgan fingerprint density at radius 1 is 1.16 bits per heavy atom. The molecule has 0 aromatic heterocycles. The Balaban J connectivity index is 0.000000477. The first-order chi connectivity index (χ1) is 11.8. The van der Waals surface area contributed by atoms with Crippen molar-refractivity contribution in [2.45, 2.75) is 41.0 Å². The number of hydrogen-bond acceptors (Lipinski definition) is 4. The fraction of sp³-hybridized carbons (Fsp3) is 0.500. The molecule has 1 aromatic carbocycles.